The number of hydrogen-bond donors (Lipinski definition) is 1. The van der Waals surface area contributed by atoms with Crippen molar-refractivity contribution in [2.45, 2.75) is 19.9 Å². The summed E-state index contributed by atoms with van der Waals surface area (Å²) in [4.78, 5) is 11.7. The molecule has 1 fully saturated rings. The Hall–Kier alpha value is -2.66. The van der Waals surface area contributed by atoms with Crippen LogP contribution in [-0.4, -0.2) is 35.8 Å². The van der Waals surface area contributed by atoms with Gasteiger partial charge in [-0.15, -0.1) is 0 Å². The number of anilines is 2. The molecule has 25 heavy (non-hydrogen) atoms. The number of nitrogens with zero attached hydrogens (tertiary/aromatic N) is 3. The normalized spacial score (nSPS) is 17.8. The third-order valence-electron chi connectivity index (χ3n) is 4.88. The van der Waals surface area contributed by atoms with E-state index in [1.54, 1.807) is 0 Å². The van der Waals surface area contributed by atoms with Crippen molar-refractivity contribution in [1.82, 2.24) is 9.97 Å². The van der Waals surface area contributed by atoms with Crippen molar-refractivity contribution >= 4 is 22.4 Å². The summed E-state index contributed by atoms with van der Waals surface area (Å²) in [5.41, 5.74) is 10.8. The number of morpholine rings is 1. The summed E-state index contributed by atoms with van der Waals surface area (Å²) >= 11 is 0. The van der Waals surface area contributed by atoms with Crippen LogP contribution in [0.1, 0.15) is 12.5 Å². The first-order valence-electron chi connectivity index (χ1n) is 8.61. The largest absolute Gasteiger partial charge is 0.397 e. The number of benzene rings is 1. The molecular formula is C20H22N4O. The Bertz CT molecular complexity index is 907. The molecule has 3 heterocycles. The molecular weight excluding hydrogens is 312 g/mol. The lowest BCUT2D eigenvalue weighted by molar-refractivity contribution is 0.0985. The standard InChI is InChI=1S/C20H22N4O/c1-13-12-25-10-9-24(13)18-8-7-15(11-22-18)20-19(21)14(2)16-5-3-4-6-17(16)23-20/h3-8,11,13H,9-10,12,21H2,1-2H3/t13-/m0/s1. The minimum absolute atomic E-state index is 0.332. The van der Waals surface area contributed by atoms with E-state index in [4.69, 9.17) is 15.5 Å². The summed E-state index contributed by atoms with van der Waals surface area (Å²) < 4.78 is 5.50. The molecule has 5 heteroatoms. The van der Waals surface area contributed by atoms with Crippen LogP contribution in [0.3, 0.4) is 0 Å². The molecule has 5 nitrogen and oxygen atoms in total. The van der Waals surface area contributed by atoms with Crippen LogP contribution in [0.2, 0.25) is 0 Å². The van der Waals surface area contributed by atoms with Crippen molar-refractivity contribution in [1.29, 1.82) is 0 Å². The maximum absolute atomic E-state index is 6.37. The number of ether oxygens (including phenoxy) is 1. The van der Waals surface area contributed by atoms with Gasteiger partial charge in [0.05, 0.1) is 36.2 Å². The summed E-state index contributed by atoms with van der Waals surface area (Å²) in [6.07, 6.45) is 1.87. The lowest BCUT2D eigenvalue weighted by Crippen LogP contribution is -2.44. The van der Waals surface area contributed by atoms with Crippen LogP contribution >= 0.6 is 0 Å². The van der Waals surface area contributed by atoms with Gasteiger partial charge in [0.2, 0.25) is 0 Å². The predicted octanol–water partition coefficient (Wildman–Crippen LogP) is 3.41. The van der Waals surface area contributed by atoms with E-state index in [0.29, 0.717) is 11.7 Å². The highest BCUT2D eigenvalue weighted by Crippen LogP contribution is 2.32. The molecule has 2 aromatic heterocycles. The summed E-state index contributed by atoms with van der Waals surface area (Å²) in [5, 5.41) is 1.09. The maximum Gasteiger partial charge on any atom is 0.128 e. The smallest absolute Gasteiger partial charge is 0.128 e. The fraction of sp³-hybridized carbons (Fsp3) is 0.300. The summed E-state index contributed by atoms with van der Waals surface area (Å²) in [6, 6.07) is 12.5. The second-order valence-corrected chi connectivity index (χ2v) is 6.54. The number of nitrogens with two attached hydrogens (primary N) is 1. The lowest BCUT2D eigenvalue weighted by Gasteiger charge is -2.34. The summed E-state index contributed by atoms with van der Waals surface area (Å²) in [5.74, 6) is 0.968. The second kappa shape index (κ2) is 6.33. The number of aromatic nitrogens is 2. The van der Waals surface area contributed by atoms with E-state index in [2.05, 4.69) is 28.9 Å². The van der Waals surface area contributed by atoms with Gasteiger partial charge in [0.1, 0.15) is 5.82 Å². The Morgan fingerprint density at radius 2 is 2.04 bits per heavy atom. The number of nitrogen functional groups attached to an aromatic ring is 1. The van der Waals surface area contributed by atoms with Gasteiger partial charge in [-0.05, 0) is 37.6 Å². The van der Waals surface area contributed by atoms with E-state index < -0.39 is 0 Å². The van der Waals surface area contributed by atoms with Gasteiger partial charge in [0.25, 0.3) is 0 Å². The van der Waals surface area contributed by atoms with Crippen molar-refractivity contribution in [3.63, 3.8) is 0 Å². The minimum atomic E-state index is 0.332. The molecule has 0 bridgehead atoms. The van der Waals surface area contributed by atoms with Gasteiger partial charge in [-0.25, -0.2) is 9.97 Å². The molecule has 0 saturated carbocycles. The Balaban J connectivity index is 1.73. The van der Waals surface area contributed by atoms with Crippen LogP contribution in [-0.2, 0) is 4.74 Å². The van der Waals surface area contributed by atoms with E-state index in [-0.39, 0.29) is 0 Å². The van der Waals surface area contributed by atoms with Gasteiger partial charge < -0.3 is 15.4 Å². The van der Waals surface area contributed by atoms with Crippen molar-refractivity contribution in [2.75, 3.05) is 30.4 Å². The average molecular weight is 334 g/mol. The van der Waals surface area contributed by atoms with E-state index in [1.807, 2.05) is 37.4 Å². The highest BCUT2D eigenvalue weighted by molar-refractivity contribution is 5.92. The van der Waals surface area contributed by atoms with E-state index in [9.17, 15) is 0 Å². The Labute approximate surface area is 147 Å². The number of hydrogen-bond acceptors (Lipinski definition) is 5. The zero-order valence-electron chi connectivity index (χ0n) is 14.6. The number of fused-ring (bicyclic) bond motifs is 1. The monoisotopic (exact) mass is 334 g/mol. The van der Waals surface area contributed by atoms with Gasteiger partial charge in [-0.3, -0.25) is 0 Å². The molecule has 0 unspecified atom stereocenters. The molecule has 3 aromatic rings. The Morgan fingerprint density at radius 1 is 1.20 bits per heavy atom. The lowest BCUT2D eigenvalue weighted by atomic mass is 10.0. The fourth-order valence-electron chi connectivity index (χ4n) is 3.38. The first-order chi connectivity index (χ1) is 12.1. The Morgan fingerprint density at radius 3 is 2.80 bits per heavy atom. The van der Waals surface area contributed by atoms with Gasteiger partial charge in [0, 0.05) is 23.7 Å². The maximum atomic E-state index is 6.37. The highest BCUT2D eigenvalue weighted by atomic mass is 16.5. The van der Waals surface area contributed by atoms with Gasteiger partial charge in [-0.1, -0.05) is 18.2 Å². The van der Waals surface area contributed by atoms with Crippen LogP contribution in [0.4, 0.5) is 11.5 Å². The number of aryl methyl sites for hydroxylation is 1. The molecule has 1 atom stereocenters. The quantitative estimate of drug-likeness (QED) is 0.778. The van der Waals surface area contributed by atoms with Gasteiger partial charge in [0.15, 0.2) is 0 Å². The number of para-hydroxylation sites is 1. The van der Waals surface area contributed by atoms with Crippen LogP contribution < -0.4 is 10.6 Å². The third-order valence-corrected chi connectivity index (χ3v) is 4.88. The zero-order valence-corrected chi connectivity index (χ0v) is 14.6. The first-order valence-corrected chi connectivity index (χ1v) is 8.61. The third kappa shape index (κ3) is 2.81. The molecule has 1 aromatic carbocycles. The second-order valence-electron chi connectivity index (χ2n) is 6.54. The zero-order chi connectivity index (χ0) is 17.4. The number of pyridine rings is 2. The van der Waals surface area contributed by atoms with E-state index >= 15 is 0 Å². The van der Waals surface area contributed by atoms with Crippen LogP contribution in [0.15, 0.2) is 42.6 Å². The predicted molar refractivity (Wildman–Crippen MR) is 102 cm³/mol. The molecule has 1 saturated heterocycles. The number of rotatable bonds is 2. The average Bonchev–Trinajstić information content (AvgIpc) is 2.65. The molecule has 0 amide bonds. The van der Waals surface area contributed by atoms with E-state index in [0.717, 1.165) is 53.3 Å². The molecule has 0 radical (unpaired) electrons. The van der Waals surface area contributed by atoms with Crippen molar-refractivity contribution in [3.05, 3.63) is 48.2 Å². The van der Waals surface area contributed by atoms with Crippen molar-refractivity contribution in [2.24, 2.45) is 0 Å². The van der Waals surface area contributed by atoms with Gasteiger partial charge >= 0.3 is 0 Å². The van der Waals surface area contributed by atoms with E-state index in [1.165, 1.54) is 0 Å². The molecule has 1 aliphatic heterocycles. The van der Waals surface area contributed by atoms with Crippen molar-refractivity contribution in [3.8, 4) is 11.3 Å². The van der Waals surface area contributed by atoms with Gasteiger partial charge in [-0.2, -0.15) is 0 Å². The minimum Gasteiger partial charge on any atom is -0.397 e. The van der Waals surface area contributed by atoms with Crippen LogP contribution in [0.5, 0.6) is 0 Å². The van der Waals surface area contributed by atoms with Crippen molar-refractivity contribution < 1.29 is 4.74 Å². The molecule has 2 N–H and O–H groups in total. The molecule has 4 rings (SSSR count). The topological polar surface area (TPSA) is 64.3 Å². The summed E-state index contributed by atoms with van der Waals surface area (Å²) in [6.45, 7) is 6.54. The highest BCUT2D eigenvalue weighted by Gasteiger charge is 2.20. The summed E-state index contributed by atoms with van der Waals surface area (Å²) in [7, 11) is 0. The van der Waals surface area contributed by atoms with Crippen LogP contribution in [0.25, 0.3) is 22.2 Å². The molecule has 1 aliphatic rings. The molecule has 0 aliphatic carbocycles. The fourth-order valence-corrected chi connectivity index (χ4v) is 3.38. The molecule has 128 valence electrons. The SMILES string of the molecule is Cc1c(N)c(-c2ccc(N3CCOC[C@@H]3C)nc2)nc2ccccc12. The van der Waals surface area contributed by atoms with Crippen LogP contribution in [0, 0.1) is 6.92 Å². The molecule has 0 spiro atoms. The Kier molecular flexibility index (Phi) is 4.01. The first kappa shape index (κ1) is 15.8.